The molecule has 2 rings (SSSR count). The first-order chi connectivity index (χ1) is 9.19. The fourth-order valence-corrected chi connectivity index (χ4v) is 2.76. The average Bonchev–Trinajstić information content (AvgIpc) is 2.43. The number of hydrogen-bond donors (Lipinski definition) is 0. The molecule has 0 N–H and O–H groups in total. The molecule has 1 aliphatic rings. The van der Waals surface area contributed by atoms with E-state index in [1.54, 1.807) is 6.92 Å². The number of carbonyl (C=O) groups is 1. The molecule has 0 bridgehead atoms. The number of hydrogen-bond acceptors (Lipinski definition) is 2. The van der Waals surface area contributed by atoms with Gasteiger partial charge in [0.25, 0.3) is 0 Å². The molecule has 0 radical (unpaired) electrons. The molecule has 2 nitrogen and oxygen atoms in total. The van der Waals surface area contributed by atoms with Crippen LogP contribution >= 0.6 is 11.6 Å². The van der Waals surface area contributed by atoms with Crippen LogP contribution in [0, 0.1) is 0 Å². The van der Waals surface area contributed by atoms with E-state index in [4.69, 9.17) is 11.6 Å². The number of allylic oxidation sites excluding steroid dienone is 1. The van der Waals surface area contributed by atoms with Gasteiger partial charge < -0.3 is 4.90 Å². The van der Waals surface area contributed by atoms with Gasteiger partial charge in [0.1, 0.15) is 5.78 Å². The van der Waals surface area contributed by atoms with Crippen molar-refractivity contribution in [2.24, 2.45) is 0 Å². The molecular weight excluding hydrogens is 258 g/mol. The number of anilines is 1. The highest BCUT2D eigenvalue weighted by molar-refractivity contribution is 6.17. The summed E-state index contributed by atoms with van der Waals surface area (Å²) in [4.78, 5) is 14.0. The van der Waals surface area contributed by atoms with E-state index in [0.717, 1.165) is 24.9 Å². The van der Waals surface area contributed by atoms with Crippen molar-refractivity contribution >= 4 is 23.1 Å². The second-order valence-electron chi connectivity index (χ2n) is 4.87. The number of carbonyl (C=O) groups excluding carboxylic acids is 1. The van der Waals surface area contributed by atoms with E-state index in [0.29, 0.717) is 5.88 Å². The summed E-state index contributed by atoms with van der Waals surface area (Å²) >= 11 is 5.80. The number of ketones is 1. The van der Waals surface area contributed by atoms with Crippen molar-refractivity contribution in [1.82, 2.24) is 0 Å². The second kappa shape index (κ2) is 6.25. The Morgan fingerprint density at radius 2 is 2.21 bits per heavy atom. The molecule has 0 amide bonds. The fourth-order valence-electron chi connectivity index (χ4n) is 2.64. The van der Waals surface area contributed by atoms with Gasteiger partial charge in [-0.15, -0.1) is 11.6 Å². The van der Waals surface area contributed by atoms with Crippen molar-refractivity contribution in [3.05, 3.63) is 41.6 Å². The Labute approximate surface area is 120 Å². The zero-order valence-corrected chi connectivity index (χ0v) is 12.3. The first kappa shape index (κ1) is 14.1. The first-order valence-electron chi connectivity index (χ1n) is 6.82. The number of rotatable bonds is 5. The van der Waals surface area contributed by atoms with Crippen LogP contribution in [0.15, 0.2) is 30.5 Å². The van der Waals surface area contributed by atoms with Crippen molar-refractivity contribution in [2.45, 2.75) is 32.6 Å². The van der Waals surface area contributed by atoms with Crippen molar-refractivity contribution in [2.75, 3.05) is 17.3 Å². The van der Waals surface area contributed by atoms with Crippen molar-refractivity contribution in [3.63, 3.8) is 0 Å². The Kier molecular flexibility index (Phi) is 4.65. The SMILES string of the molecule is CCc1cccc2c1N(CCCCl)C=CC2C(C)=O. The lowest BCUT2D eigenvalue weighted by atomic mass is 9.88. The van der Waals surface area contributed by atoms with Crippen molar-refractivity contribution in [3.8, 4) is 0 Å². The molecule has 0 saturated carbocycles. The minimum atomic E-state index is -0.103. The molecule has 1 aromatic carbocycles. The normalized spacial score (nSPS) is 17.4. The minimum Gasteiger partial charge on any atom is -0.348 e. The Bertz CT molecular complexity index is 496. The van der Waals surface area contributed by atoms with Crippen LogP contribution in [0.3, 0.4) is 0 Å². The Balaban J connectivity index is 2.45. The largest absolute Gasteiger partial charge is 0.348 e. The highest BCUT2D eigenvalue weighted by Crippen LogP contribution is 2.37. The number of fused-ring (bicyclic) bond motifs is 1. The maximum absolute atomic E-state index is 11.8. The molecule has 102 valence electrons. The number of alkyl halides is 1. The van der Waals surface area contributed by atoms with Gasteiger partial charge in [0.15, 0.2) is 0 Å². The topological polar surface area (TPSA) is 20.3 Å². The zero-order chi connectivity index (χ0) is 13.8. The first-order valence-corrected chi connectivity index (χ1v) is 7.35. The molecule has 19 heavy (non-hydrogen) atoms. The third-order valence-electron chi connectivity index (χ3n) is 3.58. The molecule has 1 aliphatic heterocycles. The Morgan fingerprint density at radius 1 is 1.42 bits per heavy atom. The molecule has 1 heterocycles. The van der Waals surface area contributed by atoms with Gasteiger partial charge in [0.2, 0.25) is 0 Å². The lowest BCUT2D eigenvalue weighted by Gasteiger charge is -2.31. The van der Waals surface area contributed by atoms with Crippen LogP contribution < -0.4 is 4.90 Å². The molecule has 0 saturated heterocycles. The maximum Gasteiger partial charge on any atom is 0.141 e. The van der Waals surface area contributed by atoms with Crippen LogP contribution in [0.5, 0.6) is 0 Å². The minimum absolute atomic E-state index is 0.103. The van der Waals surface area contributed by atoms with E-state index >= 15 is 0 Å². The van der Waals surface area contributed by atoms with Gasteiger partial charge in [0.05, 0.1) is 5.92 Å². The predicted molar refractivity (Wildman–Crippen MR) is 81.1 cm³/mol. The smallest absolute Gasteiger partial charge is 0.141 e. The summed E-state index contributed by atoms with van der Waals surface area (Å²) in [5.74, 6) is 0.751. The maximum atomic E-state index is 11.8. The summed E-state index contributed by atoms with van der Waals surface area (Å²) < 4.78 is 0. The summed E-state index contributed by atoms with van der Waals surface area (Å²) in [6.45, 7) is 4.71. The van der Waals surface area contributed by atoms with Crippen LogP contribution in [-0.2, 0) is 11.2 Å². The molecular formula is C16H20ClNO. The summed E-state index contributed by atoms with van der Waals surface area (Å²) in [5, 5.41) is 0. The number of para-hydroxylation sites is 1. The van der Waals surface area contributed by atoms with E-state index in [1.165, 1.54) is 11.3 Å². The van der Waals surface area contributed by atoms with Gasteiger partial charge in [-0.05, 0) is 30.9 Å². The predicted octanol–water partition coefficient (Wildman–Crippen LogP) is 3.88. The summed E-state index contributed by atoms with van der Waals surface area (Å²) in [6, 6.07) is 6.26. The molecule has 0 fully saturated rings. The van der Waals surface area contributed by atoms with E-state index in [9.17, 15) is 4.79 Å². The van der Waals surface area contributed by atoms with Crippen LogP contribution in [0.2, 0.25) is 0 Å². The van der Waals surface area contributed by atoms with Crippen molar-refractivity contribution in [1.29, 1.82) is 0 Å². The van der Waals surface area contributed by atoms with E-state index in [1.807, 2.05) is 18.3 Å². The quantitative estimate of drug-likeness (QED) is 0.761. The highest BCUT2D eigenvalue weighted by Gasteiger charge is 2.25. The molecule has 0 spiro atoms. The fraction of sp³-hybridized carbons (Fsp3) is 0.438. The number of halogens is 1. The lowest BCUT2D eigenvalue weighted by molar-refractivity contribution is -0.117. The number of nitrogens with zero attached hydrogens (tertiary/aromatic N) is 1. The van der Waals surface area contributed by atoms with Crippen LogP contribution in [0.1, 0.15) is 37.3 Å². The standard InChI is InChI=1S/C16H20ClNO/c1-3-13-6-4-7-15-14(12(2)19)8-11-18(16(13)15)10-5-9-17/h4,6-8,11,14H,3,5,9-10H2,1-2H3. The van der Waals surface area contributed by atoms with Crippen molar-refractivity contribution < 1.29 is 4.79 Å². The molecule has 1 unspecified atom stereocenters. The third kappa shape index (κ3) is 2.84. The molecule has 0 aliphatic carbocycles. The molecule has 1 aromatic rings. The highest BCUT2D eigenvalue weighted by atomic mass is 35.5. The van der Waals surface area contributed by atoms with Gasteiger partial charge in [-0.25, -0.2) is 0 Å². The third-order valence-corrected chi connectivity index (χ3v) is 3.85. The Morgan fingerprint density at radius 3 is 2.84 bits per heavy atom. The molecule has 1 atom stereocenters. The van der Waals surface area contributed by atoms with E-state index in [-0.39, 0.29) is 11.7 Å². The van der Waals surface area contributed by atoms with Gasteiger partial charge >= 0.3 is 0 Å². The summed E-state index contributed by atoms with van der Waals surface area (Å²) in [6.07, 6.45) is 5.95. The Hall–Kier alpha value is -1.28. The van der Waals surface area contributed by atoms with Crippen LogP contribution in [0.25, 0.3) is 0 Å². The van der Waals surface area contributed by atoms with E-state index in [2.05, 4.69) is 24.0 Å². The lowest BCUT2D eigenvalue weighted by Crippen LogP contribution is -2.26. The molecule has 3 heteroatoms. The monoisotopic (exact) mass is 277 g/mol. The molecule has 0 aromatic heterocycles. The van der Waals surface area contributed by atoms with Gasteiger partial charge in [-0.1, -0.05) is 31.2 Å². The van der Waals surface area contributed by atoms with Gasteiger partial charge in [-0.3, -0.25) is 4.79 Å². The second-order valence-corrected chi connectivity index (χ2v) is 5.25. The van der Waals surface area contributed by atoms with Gasteiger partial charge in [-0.2, -0.15) is 0 Å². The van der Waals surface area contributed by atoms with Crippen LogP contribution in [-0.4, -0.2) is 18.2 Å². The number of aryl methyl sites for hydroxylation is 1. The van der Waals surface area contributed by atoms with E-state index < -0.39 is 0 Å². The average molecular weight is 278 g/mol. The van der Waals surface area contributed by atoms with Gasteiger partial charge in [0, 0.05) is 24.3 Å². The van der Waals surface area contributed by atoms with Crippen LogP contribution in [0.4, 0.5) is 5.69 Å². The number of Topliss-reactive ketones (excluding diaryl/α,β-unsaturated/α-hetero) is 1. The summed E-state index contributed by atoms with van der Waals surface area (Å²) in [5.41, 5.74) is 3.63. The summed E-state index contributed by atoms with van der Waals surface area (Å²) in [7, 11) is 0. The number of benzene rings is 1. The zero-order valence-electron chi connectivity index (χ0n) is 11.5.